The Morgan fingerprint density at radius 2 is 1.81 bits per heavy atom. The quantitative estimate of drug-likeness (QED) is 0.529. The highest BCUT2D eigenvalue weighted by Gasteiger charge is 2.35. The number of anilines is 2. The molecule has 1 aliphatic rings. The first-order valence-corrected chi connectivity index (χ1v) is 11.3. The second-order valence-electron chi connectivity index (χ2n) is 7.07. The Morgan fingerprint density at radius 1 is 1.12 bits per heavy atom. The fraction of sp³-hybridized carbons (Fsp3) is 0.273. The Morgan fingerprint density at radius 3 is 2.53 bits per heavy atom. The van der Waals surface area contributed by atoms with Crippen LogP contribution < -0.4 is 19.7 Å². The summed E-state index contributed by atoms with van der Waals surface area (Å²) in [4.78, 5) is 26.8. The lowest BCUT2D eigenvalue weighted by Crippen LogP contribution is -2.28. The van der Waals surface area contributed by atoms with E-state index in [9.17, 15) is 9.59 Å². The highest BCUT2D eigenvalue weighted by Crippen LogP contribution is 2.28. The van der Waals surface area contributed by atoms with E-state index in [4.69, 9.17) is 21.1 Å². The molecule has 1 fully saturated rings. The van der Waals surface area contributed by atoms with Crippen LogP contribution in [0.4, 0.5) is 10.8 Å². The maximum atomic E-state index is 12.7. The van der Waals surface area contributed by atoms with Gasteiger partial charge in [-0.25, -0.2) is 0 Å². The summed E-state index contributed by atoms with van der Waals surface area (Å²) < 4.78 is 11.1. The lowest BCUT2D eigenvalue weighted by atomic mass is 10.1. The lowest BCUT2D eigenvalue weighted by Gasteiger charge is -2.17. The van der Waals surface area contributed by atoms with Crippen molar-refractivity contribution >= 4 is 45.6 Å². The molecule has 1 N–H and O–H groups in total. The van der Waals surface area contributed by atoms with Crippen LogP contribution in [0.25, 0.3) is 0 Å². The second-order valence-corrected chi connectivity index (χ2v) is 8.56. The number of benzene rings is 2. The molecule has 4 rings (SSSR count). The van der Waals surface area contributed by atoms with Gasteiger partial charge in [-0.3, -0.25) is 9.59 Å². The normalized spacial score (nSPS) is 15.6. The van der Waals surface area contributed by atoms with Crippen molar-refractivity contribution < 1.29 is 19.1 Å². The van der Waals surface area contributed by atoms with E-state index >= 15 is 0 Å². The zero-order valence-corrected chi connectivity index (χ0v) is 18.9. The van der Waals surface area contributed by atoms with Gasteiger partial charge in [-0.05, 0) is 55.5 Å². The number of hydrogen-bond acceptors (Lipinski definition) is 7. The lowest BCUT2D eigenvalue weighted by molar-refractivity contribution is -0.122. The van der Waals surface area contributed by atoms with E-state index in [2.05, 4.69) is 15.5 Å². The molecule has 0 bridgehead atoms. The average Bonchev–Trinajstić information content (AvgIpc) is 3.40. The Kier molecular flexibility index (Phi) is 6.87. The summed E-state index contributed by atoms with van der Waals surface area (Å²) in [6.45, 7) is 3.02. The zero-order valence-electron chi connectivity index (χ0n) is 17.3. The van der Waals surface area contributed by atoms with E-state index in [1.54, 1.807) is 29.2 Å². The molecule has 0 unspecified atom stereocenters. The molecule has 1 aromatic heterocycles. The number of rotatable bonds is 8. The van der Waals surface area contributed by atoms with Crippen LogP contribution >= 0.6 is 22.9 Å². The topological polar surface area (TPSA) is 93.7 Å². The summed E-state index contributed by atoms with van der Waals surface area (Å²) in [5, 5.41) is 12.4. The summed E-state index contributed by atoms with van der Waals surface area (Å²) in [6, 6.07) is 14.3. The molecule has 8 nitrogen and oxygen atoms in total. The molecule has 10 heteroatoms. The minimum absolute atomic E-state index is 0.0939. The molecule has 0 aliphatic carbocycles. The van der Waals surface area contributed by atoms with E-state index < -0.39 is 5.92 Å². The number of nitrogens with zero attached hydrogens (tertiary/aromatic N) is 3. The molecule has 0 spiro atoms. The summed E-state index contributed by atoms with van der Waals surface area (Å²) in [5.41, 5.74) is 0.742. The van der Waals surface area contributed by atoms with Crippen LogP contribution in [0.5, 0.6) is 11.5 Å². The first-order valence-electron chi connectivity index (χ1n) is 10.1. The summed E-state index contributed by atoms with van der Waals surface area (Å²) in [7, 11) is 0. The number of nitrogens with one attached hydrogen (secondary N) is 1. The Hall–Kier alpha value is -3.17. The second kappa shape index (κ2) is 9.97. The average molecular weight is 473 g/mol. The van der Waals surface area contributed by atoms with Crippen LogP contribution in [-0.2, 0) is 16.2 Å². The van der Waals surface area contributed by atoms with Gasteiger partial charge in [-0.2, -0.15) is 0 Å². The van der Waals surface area contributed by atoms with E-state index in [-0.39, 0.29) is 24.8 Å². The number of halogens is 1. The number of carbonyl (C=O) groups is 2. The van der Waals surface area contributed by atoms with Crippen molar-refractivity contribution in [1.29, 1.82) is 0 Å². The molecule has 0 saturated carbocycles. The number of hydrogen-bond donors (Lipinski definition) is 1. The predicted octanol–water partition coefficient (Wildman–Crippen LogP) is 4.16. The van der Waals surface area contributed by atoms with Crippen LogP contribution in [0, 0.1) is 5.92 Å². The third-order valence-corrected chi connectivity index (χ3v) is 5.89. The molecule has 1 aliphatic heterocycles. The highest BCUT2D eigenvalue weighted by molar-refractivity contribution is 7.15. The summed E-state index contributed by atoms with van der Waals surface area (Å²) in [5.74, 6) is 0.585. The molecule has 3 aromatic rings. The third kappa shape index (κ3) is 5.35. The van der Waals surface area contributed by atoms with Gasteiger partial charge in [-0.15, -0.1) is 10.2 Å². The van der Waals surface area contributed by atoms with Crippen LogP contribution in [0.2, 0.25) is 5.02 Å². The first-order chi connectivity index (χ1) is 15.5. The molecule has 2 amide bonds. The molecule has 32 heavy (non-hydrogen) atoms. The maximum Gasteiger partial charge on any atom is 0.231 e. The van der Waals surface area contributed by atoms with Gasteiger partial charge in [0.2, 0.25) is 16.9 Å². The van der Waals surface area contributed by atoms with Crippen molar-refractivity contribution in [3.8, 4) is 11.5 Å². The molecule has 1 saturated heterocycles. The van der Waals surface area contributed by atoms with Gasteiger partial charge < -0.3 is 19.7 Å². The summed E-state index contributed by atoms with van der Waals surface area (Å²) in [6.07, 6.45) is 0.143. The van der Waals surface area contributed by atoms with Gasteiger partial charge >= 0.3 is 0 Å². The van der Waals surface area contributed by atoms with Gasteiger partial charge in [0, 0.05) is 23.7 Å². The first kappa shape index (κ1) is 22.0. The van der Waals surface area contributed by atoms with E-state index in [0.29, 0.717) is 34.1 Å². The fourth-order valence-electron chi connectivity index (χ4n) is 3.27. The highest BCUT2D eigenvalue weighted by atomic mass is 35.5. The van der Waals surface area contributed by atoms with Crippen LogP contribution in [0.15, 0.2) is 48.5 Å². The molecule has 1 atom stereocenters. The van der Waals surface area contributed by atoms with Gasteiger partial charge in [0.05, 0.1) is 12.5 Å². The molecule has 2 aromatic carbocycles. The van der Waals surface area contributed by atoms with Gasteiger partial charge in [0.25, 0.3) is 0 Å². The van der Waals surface area contributed by atoms with Crippen molar-refractivity contribution in [1.82, 2.24) is 10.2 Å². The smallest absolute Gasteiger partial charge is 0.231 e. The Balaban J connectivity index is 1.31. The number of ether oxygens (including phenoxy) is 2. The molecule has 2 heterocycles. The van der Waals surface area contributed by atoms with Gasteiger partial charge in [0.1, 0.15) is 18.1 Å². The van der Waals surface area contributed by atoms with Crippen molar-refractivity contribution in [2.24, 2.45) is 5.92 Å². The van der Waals surface area contributed by atoms with E-state index in [1.807, 2.05) is 31.2 Å². The van der Waals surface area contributed by atoms with Gasteiger partial charge in [-0.1, -0.05) is 22.9 Å². The number of aromatic nitrogens is 2. The number of amides is 2. The maximum absolute atomic E-state index is 12.7. The minimum atomic E-state index is -0.466. The van der Waals surface area contributed by atoms with E-state index in [0.717, 1.165) is 11.4 Å². The SMILES string of the molecule is CCOc1ccc(N2C[C@@H](C(=O)Nc3nnc(COc4ccc(Cl)cc4)s3)CC2=O)cc1. The molecule has 0 radical (unpaired) electrons. The van der Waals surface area contributed by atoms with Crippen LogP contribution in [0.3, 0.4) is 0 Å². The predicted molar refractivity (Wildman–Crippen MR) is 122 cm³/mol. The zero-order chi connectivity index (χ0) is 22.5. The molecule has 166 valence electrons. The minimum Gasteiger partial charge on any atom is -0.494 e. The standard InChI is InChI=1S/C22H21ClN4O4S/c1-2-30-17-9-5-16(6-10-17)27-12-14(11-20(27)28)21(29)24-22-26-25-19(32-22)13-31-18-7-3-15(23)4-8-18/h3-10,14H,2,11-13H2,1H3,(H,24,26,29)/t14-/m0/s1. The number of carbonyl (C=O) groups excluding carboxylic acids is 2. The summed E-state index contributed by atoms with van der Waals surface area (Å²) >= 11 is 7.09. The van der Waals surface area contributed by atoms with Crippen molar-refractivity contribution in [3.63, 3.8) is 0 Å². The van der Waals surface area contributed by atoms with Crippen LogP contribution in [0.1, 0.15) is 18.4 Å². The fourth-order valence-corrected chi connectivity index (χ4v) is 4.05. The Bertz CT molecular complexity index is 1090. The largest absolute Gasteiger partial charge is 0.494 e. The molecular formula is C22H21ClN4O4S. The Labute approximate surface area is 194 Å². The van der Waals surface area contributed by atoms with Crippen LogP contribution in [-0.4, -0.2) is 35.2 Å². The molecular weight excluding hydrogens is 452 g/mol. The van der Waals surface area contributed by atoms with E-state index in [1.165, 1.54) is 11.3 Å². The monoisotopic (exact) mass is 472 g/mol. The van der Waals surface area contributed by atoms with Crippen molar-refractivity contribution in [3.05, 3.63) is 58.6 Å². The van der Waals surface area contributed by atoms with Crippen molar-refractivity contribution in [2.75, 3.05) is 23.4 Å². The van der Waals surface area contributed by atoms with Gasteiger partial charge in [0.15, 0.2) is 5.01 Å². The third-order valence-electron chi connectivity index (χ3n) is 4.83. The van der Waals surface area contributed by atoms with Crippen molar-refractivity contribution in [2.45, 2.75) is 20.0 Å².